The van der Waals surface area contributed by atoms with Gasteiger partial charge in [-0.1, -0.05) is 22.9 Å². The van der Waals surface area contributed by atoms with Gasteiger partial charge in [-0.25, -0.2) is 0 Å². The standard InChI is InChI=1S/C19H22BrNO5/c1-3-9-6-12-16(18(24)21(2)17(12)23)13-8-15(26-19(9,13)25)11-7-10(20)4-5-14(11)22/h4-5,7,9,12-13,15-16,22,25H,3,6,8H2,1-2H3/t9-,12-,13-,15-,16-,19+/m0/s1. The lowest BCUT2D eigenvalue weighted by atomic mass is 9.64. The van der Waals surface area contributed by atoms with Crippen molar-refractivity contribution in [3.63, 3.8) is 0 Å². The number of amides is 2. The number of hydrogen-bond donors (Lipinski definition) is 2. The Kier molecular flexibility index (Phi) is 4.17. The predicted octanol–water partition coefficient (Wildman–Crippen LogP) is 2.58. The Balaban J connectivity index is 1.75. The number of fused-ring (bicyclic) bond motifs is 3. The van der Waals surface area contributed by atoms with E-state index >= 15 is 0 Å². The van der Waals surface area contributed by atoms with Gasteiger partial charge in [-0.3, -0.25) is 14.5 Å². The number of rotatable bonds is 2. The molecule has 26 heavy (non-hydrogen) atoms. The van der Waals surface area contributed by atoms with E-state index in [2.05, 4.69) is 15.9 Å². The summed E-state index contributed by atoms with van der Waals surface area (Å²) in [5.74, 6) is -3.39. The van der Waals surface area contributed by atoms with Crippen LogP contribution in [0.15, 0.2) is 22.7 Å². The lowest BCUT2D eigenvalue weighted by molar-refractivity contribution is -0.269. The van der Waals surface area contributed by atoms with Crippen molar-refractivity contribution < 1.29 is 24.5 Å². The number of imide groups is 1. The zero-order valence-electron chi connectivity index (χ0n) is 14.7. The molecule has 1 aliphatic carbocycles. The molecule has 2 heterocycles. The summed E-state index contributed by atoms with van der Waals surface area (Å²) >= 11 is 3.39. The molecule has 7 heteroatoms. The van der Waals surface area contributed by atoms with Gasteiger partial charge in [-0.15, -0.1) is 0 Å². The summed E-state index contributed by atoms with van der Waals surface area (Å²) in [4.78, 5) is 26.4. The van der Waals surface area contributed by atoms with Crippen LogP contribution in [-0.2, 0) is 14.3 Å². The molecule has 1 saturated carbocycles. The van der Waals surface area contributed by atoms with Crippen LogP contribution in [0.2, 0.25) is 0 Å². The van der Waals surface area contributed by atoms with Gasteiger partial charge in [0.05, 0.1) is 17.9 Å². The second kappa shape index (κ2) is 6.04. The van der Waals surface area contributed by atoms with E-state index in [0.717, 1.165) is 4.47 Å². The number of ether oxygens (including phenoxy) is 1. The van der Waals surface area contributed by atoms with Gasteiger partial charge < -0.3 is 14.9 Å². The number of carbonyl (C=O) groups is 2. The SMILES string of the molecule is CC[C@H]1C[C@@H]2C(=O)N(C)C(=O)[C@@H]2[C@@H]2C[C@@H](c3cc(Br)ccc3O)O[C@]12O. The molecule has 2 saturated heterocycles. The van der Waals surface area contributed by atoms with E-state index in [4.69, 9.17) is 4.74 Å². The lowest BCUT2D eigenvalue weighted by Crippen LogP contribution is -2.53. The highest BCUT2D eigenvalue weighted by Crippen LogP contribution is 2.59. The van der Waals surface area contributed by atoms with Crippen LogP contribution >= 0.6 is 15.9 Å². The number of carbonyl (C=O) groups excluding carboxylic acids is 2. The van der Waals surface area contributed by atoms with Crippen molar-refractivity contribution in [1.82, 2.24) is 4.90 Å². The minimum Gasteiger partial charge on any atom is -0.508 e. The zero-order chi connectivity index (χ0) is 18.8. The summed E-state index contributed by atoms with van der Waals surface area (Å²) < 4.78 is 6.90. The van der Waals surface area contributed by atoms with Gasteiger partial charge in [0.2, 0.25) is 11.8 Å². The molecular formula is C19H22BrNO5. The van der Waals surface area contributed by atoms with Crippen molar-refractivity contribution in [1.29, 1.82) is 0 Å². The van der Waals surface area contributed by atoms with Crippen molar-refractivity contribution in [2.45, 2.75) is 38.1 Å². The summed E-state index contributed by atoms with van der Waals surface area (Å²) in [7, 11) is 1.51. The maximum absolute atomic E-state index is 12.7. The highest BCUT2D eigenvalue weighted by Gasteiger charge is 2.65. The number of aliphatic hydroxyl groups is 1. The van der Waals surface area contributed by atoms with Crippen LogP contribution in [0.25, 0.3) is 0 Å². The Bertz CT molecular complexity index is 783. The van der Waals surface area contributed by atoms with Gasteiger partial charge in [-0.2, -0.15) is 0 Å². The number of benzene rings is 1. The van der Waals surface area contributed by atoms with E-state index in [9.17, 15) is 19.8 Å². The molecule has 0 spiro atoms. The van der Waals surface area contributed by atoms with E-state index in [1.165, 1.54) is 11.9 Å². The van der Waals surface area contributed by atoms with Crippen molar-refractivity contribution >= 4 is 27.7 Å². The van der Waals surface area contributed by atoms with E-state index in [1.54, 1.807) is 18.2 Å². The van der Waals surface area contributed by atoms with Crippen molar-refractivity contribution in [3.8, 4) is 5.75 Å². The summed E-state index contributed by atoms with van der Waals surface area (Å²) in [6, 6.07) is 5.08. The Hall–Kier alpha value is -1.44. The molecule has 2 N–H and O–H groups in total. The number of phenolic OH excluding ortho intramolecular Hbond substituents is 1. The maximum Gasteiger partial charge on any atom is 0.233 e. The summed E-state index contributed by atoms with van der Waals surface area (Å²) in [6.45, 7) is 1.96. The molecule has 2 amide bonds. The van der Waals surface area contributed by atoms with E-state index in [0.29, 0.717) is 24.8 Å². The van der Waals surface area contributed by atoms with Gasteiger partial charge in [0.1, 0.15) is 5.75 Å². The number of halogens is 1. The van der Waals surface area contributed by atoms with Gasteiger partial charge in [0.15, 0.2) is 5.79 Å². The Morgan fingerprint density at radius 3 is 2.73 bits per heavy atom. The Labute approximate surface area is 160 Å². The first kappa shape index (κ1) is 17.9. The second-order valence-corrected chi connectivity index (χ2v) is 8.53. The third-order valence-electron chi connectivity index (χ3n) is 6.41. The van der Waals surface area contributed by atoms with Crippen LogP contribution in [0.5, 0.6) is 5.75 Å². The lowest BCUT2D eigenvalue weighted by Gasteiger charge is -2.44. The fraction of sp³-hybridized carbons (Fsp3) is 0.579. The fourth-order valence-corrected chi connectivity index (χ4v) is 5.46. The van der Waals surface area contributed by atoms with Crippen molar-refractivity contribution in [3.05, 3.63) is 28.2 Å². The van der Waals surface area contributed by atoms with Gasteiger partial charge >= 0.3 is 0 Å². The fourth-order valence-electron chi connectivity index (χ4n) is 5.08. The minimum absolute atomic E-state index is 0.0935. The summed E-state index contributed by atoms with van der Waals surface area (Å²) in [5, 5.41) is 21.7. The number of likely N-dealkylation sites (tertiary alicyclic amines) is 1. The normalized spacial score (nSPS) is 39.2. The van der Waals surface area contributed by atoms with Crippen LogP contribution in [0.1, 0.15) is 37.9 Å². The van der Waals surface area contributed by atoms with Crippen LogP contribution in [0.4, 0.5) is 0 Å². The highest BCUT2D eigenvalue weighted by molar-refractivity contribution is 9.10. The molecular weight excluding hydrogens is 402 g/mol. The molecule has 0 radical (unpaired) electrons. The average Bonchev–Trinajstić information content (AvgIpc) is 3.07. The van der Waals surface area contributed by atoms with Gasteiger partial charge in [0.25, 0.3) is 0 Å². The molecule has 2 aliphatic heterocycles. The van der Waals surface area contributed by atoms with Crippen LogP contribution in [0.3, 0.4) is 0 Å². The smallest absolute Gasteiger partial charge is 0.233 e. The summed E-state index contributed by atoms with van der Waals surface area (Å²) in [5.41, 5.74) is 0.582. The first-order chi connectivity index (χ1) is 12.3. The molecule has 0 unspecified atom stereocenters. The third-order valence-corrected chi connectivity index (χ3v) is 6.91. The molecule has 1 aromatic rings. The van der Waals surface area contributed by atoms with Gasteiger partial charge in [0, 0.05) is 28.9 Å². The topological polar surface area (TPSA) is 87.1 Å². The first-order valence-electron chi connectivity index (χ1n) is 8.98. The predicted molar refractivity (Wildman–Crippen MR) is 95.8 cm³/mol. The molecule has 6 atom stereocenters. The Morgan fingerprint density at radius 1 is 1.31 bits per heavy atom. The average molecular weight is 424 g/mol. The van der Waals surface area contributed by atoms with E-state index in [-0.39, 0.29) is 29.4 Å². The number of phenols is 1. The number of hydrogen-bond acceptors (Lipinski definition) is 5. The summed E-state index contributed by atoms with van der Waals surface area (Å²) in [6.07, 6.45) is 0.966. The van der Waals surface area contributed by atoms with Crippen LogP contribution < -0.4 is 0 Å². The quantitative estimate of drug-likeness (QED) is 0.713. The molecule has 0 bridgehead atoms. The largest absolute Gasteiger partial charge is 0.508 e. The molecule has 4 rings (SSSR count). The van der Waals surface area contributed by atoms with E-state index in [1.807, 2.05) is 6.92 Å². The Morgan fingerprint density at radius 2 is 2.04 bits per heavy atom. The third kappa shape index (κ3) is 2.37. The minimum atomic E-state index is -1.46. The zero-order valence-corrected chi connectivity index (χ0v) is 16.3. The second-order valence-electron chi connectivity index (χ2n) is 7.61. The molecule has 3 aliphatic rings. The monoisotopic (exact) mass is 423 g/mol. The molecule has 3 fully saturated rings. The molecule has 140 valence electrons. The number of nitrogens with zero attached hydrogens (tertiary/aromatic N) is 1. The van der Waals surface area contributed by atoms with E-state index < -0.39 is 23.7 Å². The molecule has 6 nitrogen and oxygen atoms in total. The van der Waals surface area contributed by atoms with Gasteiger partial charge in [-0.05, 0) is 37.5 Å². The maximum atomic E-state index is 12.7. The van der Waals surface area contributed by atoms with Crippen LogP contribution in [-0.4, -0.2) is 39.8 Å². The highest BCUT2D eigenvalue weighted by atomic mass is 79.9. The van der Waals surface area contributed by atoms with Crippen LogP contribution in [0, 0.1) is 23.7 Å². The first-order valence-corrected chi connectivity index (χ1v) is 9.77. The number of aromatic hydroxyl groups is 1. The van der Waals surface area contributed by atoms with Crippen molar-refractivity contribution in [2.75, 3.05) is 7.05 Å². The van der Waals surface area contributed by atoms with Crippen molar-refractivity contribution in [2.24, 2.45) is 23.7 Å². The molecule has 1 aromatic carbocycles. The molecule has 0 aromatic heterocycles.